The van der Waals surface area contributed by atoms with E-state index in [0.29, 0.717) is 11.5 Å². The average molecular weight is 328 g/mol. The lowest BCUT2D eigenvalue weighted by Crippen LogP contribution is -2.15. The van der Waals surface area contributed by atoms with Crippen LogP contribution in [0.3, 0.4) is 0 Å². The second-order valence-corrected chi connectivity index (χ2v) is 4.95. The van der Waals surface area contributed by atoms with Gasteiger partial charge in [-0.25, -0.2) is 4.79 Å². The number of aliphatic carboxylic acids is 1. The van der Waals surface area contributed by atoms with E-state index in [1.54, 1.807) is 30.3 Å². The number of ether oxygens (including phenoxy) is 2. The van der Waals surface area contributed by atoms with Crippen molar-refractivity contribution in [1.82, 2.24) is 0 Å². The summed E-state index contributed by atoms with van der Waals surface area (Å²) < 4.78 is 10.5. The first kappa shape index (κ1) is 17.2. The van der Waals surface area contributed by atoms with Gasteiger partial charge in [0.05, 0.1) is 12.0 Å². The highest BCUT2D eigenvalue weighted by Crippen LogP contribution is 2.22. The normalized spacial score (nSPS) is 10.0. The fraction of sp³-hybridized carbons (Fsp3) is 0.167. The lowest BCUT2D eigenvalue weighted by molar-refractivity contribution is -0.138. The van der Waals surface area contributed by atoms with E-state index in [9.17, 15) is 14.4 Å². The third-order valence-electron chi connectivity index (χ3n) is 3.03. The standard InChI is InChI=1S/C18H16O6/c19-14(9-10-17(20)21)12-23-18(22)13-5-4-8-16(11-13)24-15-6-2-1-3-7-15/h1-8,11H,9-10,12H2,(H,20,21). The highest BCUT2D eigenvalue weighted by molar-refractivity contribution is 5.92. The molecule has 2 aromatic carbocycles. The first-order valence-electron chi connectivity index (χ1n) is 7.28. The van der Waals surface area contributed by atoms with Gasteiger partial charge in [-0.15, -0.1) is 0 Å². The molecule has 0 saturated heterocycles. The molecule has 124 valence electrons. The van der Waals surface area contributed by atoms with E-state index in [0.717, 1.165) is 0 Å². The van der Waals surface area contributed by atoms with Crippen LogP contribution in [0.25, 0.3) is 0 Å². The molecule has 0 aliphatic heterocycles. The Labute approximate surface area is 138 Å². The van der Waals surface area contributed by atoms with E-state index < -0.39 is 24.3 Å². The maximum atomic E-state index is 11.9. The third kappa shape index (κ3) is 5.57. The number of hydrogen-bond donors (Lipinski definition) is 1. The molecule has 0 saturated carbocycles. The lowest BCUT2D eigenvalue weighted by atomic mass is 10.2. The second-order valence-electron chi connectivity index (χ2n) is 4.95. The Bertz CT molecular complexity index is 723. The second kappa shape index (κ2) is 8.47. The van der Waals surface area contributed by atoms with Gasteiger partial charge in [-0.05, 0) is 30.3 Å². The van der Waals surface area contributed by atoms with Crippen molar-refractivity contribution in [3.63, 3.8) is 0 Å². The van der Waals surface area contributed by atoms with Gasteiger partial charge in [-0.1, -0.05) is 24.3 Å². The fourth-order valence-corrected chi connectivity index (χ4v) is 1.86. The Kier molecular flexibility index (Phi) is 6.08. The van der Waals surface area contributed by atoms with Crippen LogP contribution < -0.4 is 4.74 Å². The van der Waals surface area contributed by atoms with Crippen LogP contribution in [0.1, 0.15) is 23.2 Å². The van der Waals surface area contributed by atoms with Crippen molar-refractivity contribution in [2.75, 3.05) is 6.61 Å². The minimum atomic E-state index is -1.07. The quantitative estimate of drug-likeness (QED) is 0.749. The number of Topliss-reactive ketones (excluding diaryl/α,β-unsaturated/α-hetero) is 1. The Morgan fingerprint density at radius 3 is 2.29 bits per heavy atom. The minimum absolute atomic E-state index is 0.167. The first-order valence-corrected chi connectivity index (χ1v) is 7.28. The largest absolute Gasteiger partial charge is 0.481 e. The summed E-state index contributed by atoms with van der Waals surface area (Å²) in [4.78, 5) is 33.7. The molecule has 0 heterocycles. The summed E-state index contributed by atoms with van der Waals surface area (Å²) >= 11 is 0. The van der Waals surface area contributed by atoms with Gasteiger partial charge in [-0.3, -0.25) is 9.59 Å². The molecule has 0 atom stereocenters. The molecule has 0 aromatic heterocycles. The number of carbonyl (C=O) groups excluding carboxylic acids is 2. The Balaban J connectivity index is 1.91. The van der Waals surface area contributed by atoms with Crippen molar-refractivity contribution in [2.45, 2.75) is 12.8 Å². The molecule has 0 unspecified atom stereocenters. The monoisotopic (exact) mass is 328 g/mol. The summed E-state index contributed by atoms with van der Waals surface area (Å²) in [5.41, 5.74) is 0.245. The molecule has 0 amide bonds. The van der Waals surface area contributed by atoms with Crippen LogP contribution in [-0.4, -0.2) is 29.4 Å². The minimum Gasteiger partial charge on any atom is -0.481 e. The zero-order valence-electron chi connectivity index (χ0n) is 12.8. The molecule has 0 bridgehead atoms. The van der Waals surface area contributed by atoms with Crippen molar-refractivity contribution in [2.24, 2.45) is 0 Å². The smallest absolute Gasteiger partial charge is 0.338 e. The van der Waals surface area contributed by atoms with Crippen LogP contribution in [0.5, 0.6) is 11.5 Å². The van der Waals surface area contributed by atoms with Crippen LogP contribution in [0.15, 0.2) is 54.6 Å². The fourth-order valence-electron chi connectivity index (χ4n) is 1.86. The van der Waals surface area contributed by atoms with Crippen LogP contribution in [-0.2, 0) is 14.3 Å². The van der Waals surface area contributed by atoms with Crippen LogP contribution >= 0.6 is 0 Å². The average Bonchev–Trinajstić information content (AvgIpc) is 2.59. The van der Waals surface area contributed by atoms with E-state index in [2.05, 4.69) is 0 Å². The summed E-state index contributed by atoms with van der Waals surface area (Å²) in [5, 5.41) is 8.50. The number of ketones is 1. The predicted octanol–water partition coefficient (Wildman–Crippen LogP) is 3.07. The molecular formula is C18H16O6. The number of para-hydroxylation sites is 1. The third-order valence-corrected chi connectivity index (χ3v) is 3.03. The van der Waals surface area contributed by atoms with Crippen LogP contribution in [0.2, 0.25) is 0 Å². The Morgan fingerprint density at radius 1 is 0.875 bits per heavy atom. The van der Waals surface area contributed by atoms with Gasteiger partial charge in [-0.2, -0.15) is 0 Å². The van der Waals surface area contributed by atoms with Gasteiger partial charge in [0.15, 0.2) is 5.78 Å². The summed E-state index contributed by atoms with van der Waals surface area (Å²) in [6, 6.07) is 15.5. The van der Waals surface area contributed by atoms with E-state index in [1.165, 1.54) is 6.07 Å². The lowest BCUT2D eigenvalue weighted by Gasteiger charge is -2.08. The Hall–Kier alpha value is -3.15. The molecule has 6 nitrogen and oxygen atoms in total. The number of rotatable bonds is 8. The van der Waals surface area contributed by atoms with Crippen LogP contribution in [0, 0.1) is 0 Å². The molecule has 0 aliphatic rings. The van der Waals surface area contributed by atoms with E-state index in [1.807, 2.05) is 18.2 Å². The number of carbonyl (C=O) groups is 3. The van der Waals surface area contributed by atoms with Crippen molar-refractivity contribution < 1.29 is 29.0 Å². The summed E-state index contributed by atoms with van der Waals surface area (Å²) in [6.07, 6.45) is -0.448. The molecule has 0 spiro atoms. The number of hydrogen-bond acceptors (Lipinski definition) is 5. The number of esters is 1. The first-order chi connectivity index (χ1) is 11.5. The summed E-state index contributed by atoms with van der Waals surface area (Å²) in [7, 11) is 0. The van der Waals surface area contributed by atoms with Gasteiger partial charge < -0.3 is 14.6 Å². The molecular weight excluding hydrogens is 312 g/mol. The predicted molar refractivity (Wildman–Crippen MR) is 85.1 cm³/mol. The SMILES string of the molecule is O=C(O)CCC(=O)COC(=O)c1cccc(Oc2ccccc2)c1. The maximum absolute atomic E-state index is 11.9. The van der Waals surface area contributed by atoms with Gasteiger partial charge in [0.25, 0.3) is 0 Å². The highest BCUT2D eigenvalue weighted by Gasteiger charge is 2.12. The van der Waals surface area contributed by atoms with Gasteiger partial charge in [0, 0.05) is 6.42 Å². The molecule has 0 radical (unpaired) electrons. The van der Waals surface area contributed by atoms with E-state index in [-0.39, 0.29) is 18.4 Å². The van der Waals surface area contributed by atoms with Gasteiger partial charge >= 0.3 is 11.9 Å². The summed E-state index contributed by atoms with van der Waals surface area (Å²) in [5.74, 6) is -1.08. The van der Waals surface area contributed by atoms with Gasteiger partial charge in [0.1, 0.15) is 18.1 Å². The molecule has 6 heteroatoms. The molecule has 2 aromatic rings. The van der Waals surface area contributed by atoms with Gasteiger partial charge in [0.2, 0.25) is 0 Å². The highest BCUT2D eigenvalue weighted by atomic mass is 16.5. The molecule has 0 fully saturated rings. The van der Waals surface area contributed by atoms with Crippen molar-refractivity contribution in [3.05, 3.63) is 60.2 Å². The zero-order valence-corrected chi connectivity index (χ0v) is 12.8. The summed E-state index contributed by atoms with van der Waals surface area (Å²) in [6.45, 7) is -0.449. The van der Waals surface area contributed by atoms with E-state index in [4.69, 9.17) is 14.6 Å². The molecule has 2 rings (SSSR count). The van der Waals surface area contributed by atoms with Crippen molar-refractivity contribution >= 4 is 17.7 Å². The molecule has 0 aliphatic carbocycles. The molecule has 24 heavy (non-hydrogen) atoms. The van der Waals surface area contributed by atoms with Crippen molar-refractivity contribution in [1.29, 1.82) is 0 Å². The van der Waals surface area contributed by atoms with E-state index >= 15 is 0 Å². The maximum Gasteiger partial charge on any atom is 0.338 e. The Morgan fingerprint density at radius 2 is 1.58 bits per heavy atom. The zero-order chi connectivity index (χ0) is 17.4. The molecule has 1 N–H and O–H groups in total. The van der Waals surface area contributed by atoms with Crippen molar-refractivity contribution in [3.8, 4) is 11.5 Å². The number of carboxylic acid groups (broad SMARTS) is 1. The topological polar surface area (TPSA) is 89.9 Å². The number of carboxylic acids is 1. The number of benzene rings is 2. The van der Waals surface area contributed by atoms with Crippen LogP contribution in [0.4, 0.5) is 0 Å².